The maximum Gasteiger partial charge on any atom is 0.265 e. The van der Waals surface area contributed by atoms with Crippen LogP contribution in [0.4, 0.5) is 11.4 Å². The van der Waals surface area contributed by atoms with Gasteiger partial charge < -0.3 is 20.1 Å². The third-order valence-corrected chi connectivity index (χ3v) is 6.43. The largest absolute Gasteiger partial charge is 0.480 e. The summed E-state index contributed by atoms with van der Waals surface area (Å²) in [5.74, 6) is 0.570. The van der Waals surface area contributed by atoms with Crippen LogP contribution in [0.25, 0.3) is 0 Å². The van der Waals surface area contributed by atoms with Crippen molar-refractivity contribution < 1.29 is 19.1 Å². The smallest absolute Gasteiger partial charge is 0.265 e. The maximum atomic E-state index is 12.9. The molecule has 6 nitrogen and oxygen atoms in total. The predicted molar refractivity (Wildman–Crippen MR) is 161 cm³/mol. The summed E-state index contributed by atoms with van der Waals surface area (Å²) in [6, 6.07) is 13.5. The van der Waals surface area contributed by atoms with Gasteiger partial charge in [0, 0.05) is 16.9 Å². The number of ether oxygens (including phenoxy) is 2. The molecule has 0 heterocycles. The quantitative estimate of drug-likeness (QED) is 0.312. The van der Waals surface area contributed by atoms with Gasteiger partial charge in [-0.15, -0.1) is 0 Å². The Labute approximate surface area is 234 Å². The van der Waals surface area contributed by atoms with Gasteiger partial charge in [0.1, 0.15) is 11.5 Å². The first-order chi connectivity index (χ1) is 18.4. The fourth-order valence-electron chi connectivity index (χ4n) is 4.54. The van der Waals surface area contributed by atoms with Crippen molar-refractivity contribution in [3.8, 4) is 11.5 Å². The number of carbonyl (C=O) groups is 2. The van der Waals surface area contributed by atoms with Gasteiger partial charge in [-0.05, 0) is 96.7 Å². The molecular formula is C33H44N2O4. The van der Waals surface area contributed by atoms with Crippen molar-refractivity contribution >= 4 is 23.2 Å². The third-order valence-electron chi connectivity index (χ3n) is 6.43. The molecule has 2 atom stereocenters. The topological polar surface area (TPSA) is 76.7 Å². The van der Waals surface area contributed by atoms with E-state index in [-0.39, 0.29) is 11.8 Å². The third kappa shape index (κ3) is 8.09. The molecule has 0 aliphatic heterocycles. The molecule has 6 heteroatoms. The number of anilines is 2. The lowest BCUT2D eigenvalue weighted by atomic mass is 10.0. The van der Waals surface area contributed by atoms with Crippen molar-refractivity contribution in [1.29, 1.82) is 0 Å². The number of rotatable bonds is 8. The first kappa shape index (κ1) is 31.4. The van der Waals surface area contributed by atoms with E-state index in [1.807, 2.05) is 86.6 Å². The Morgan fingerprint density at radius 3 is 1.23 bits per heavy atom. The lowest BCUT2D eigenvalue weighted by molar-refractivity contribution is -0.122. The summed E-state index contributed by atoms with van der Waals surface area (Å²) in [5, 5.41) is 5.99. The van der Waals surface area contributed by atoms with Gasteiger partial charge in [0.2, 0.25) is 0 Å². The van der Waals surface area contributed by atoms with E-state index in [0.29, 0.717) is 17.1 Å². The minimum absolute atomic E-state index is 0.239. The van der Waals surface area contributed by atoms with Crippen molar-refractivity contribution in [2.45, 2.75) is 88.4 Å². The van der Waals surface area contributed by atoms with Crippen LogP contribution in [-0.4, -0.2) is 24.0 Å². The number of nitrogens with one attached hydrogen (secondary N) is 2. The van der Waals surface area contributed by atoms with E-state index >= 15 is 0 Å². The molecule has 0 aliphatic rings. The summed E-state index contributed by atoms with van der Waals surface area (Å²) >= 11 is 0. The van der Waals surface area contributed by atoms with Crippen LogP contribution in [0, 0.1) is 48.5 Å². The SMILES string of the molecule is CC.Cc1cc(C)c(NC(=O)C(C)Oc2cccc(O[C@H](C)C(=O)Nc3c(C)cc(C)cc3C)c2C)c(C)c1. The Hall–Kier alpha value is -3.80. The molecule has 0 saturated carbocycles. The van der Waals surface area contributed by atoms with E-state index in [9.17, 15) is 9.59 Å². The predicted octanol–water partition coefficient (Wildman–Crippen LogP) is 7.68. The second-order valence-electron chi connectivity index (χ2n) is 9.93. The van der Waals surface area contributed by atoms with Crippen LogP contribution in [0.3, 0.4) is 0 Å². The van der Waals surface area contributed by atoms with Crippen molar-refractivity contribution in [3.05, 3.63) is 81.4 Å². The molecule has 3 rings (SSSR count). The molecule has 0 bridgehead atoms. The number of hydrogen-bond donors (Lipinski definition) is 2. The fourth-order valence-corrected chi connectivity index (χ4v) is 4.54. The molecular weight excluding hydrogens is 488 g/mol. The number of aryl methyl sites for hydroxylation is 6. The lowest BCUT2D eigenvalue weighted by Gasteiger charge is -2.21. The normalized spacial score (nSPS) is 12.0. The first-order valence-electron chi connectivity index (χ1n) is 13.6. The minimum Gasteiger partial charge on any atom is -0.480 e. The number of amides is 2. The fraction of sp³-hybridized carbons (Fsp3) is 0.394. The standard InChI is InChI=1S/C31H38N2O4.C2H6/c1-17-13-19(3)28(20(4)14-17)32-30(34)24(8)36-26-11-10-12-27(23(26)7)37-25(9)31(35)33-29-21(5)15-18(2)16-22(29)6;1-2/h10-16,24-25H,1-9H3,(H,32,34)(H,33,35);1-2H3/t24-,25?;/m1./s1. The van der Waals surface area contributed by atoms with E-state index in [0.717, 1.165) is 44.8 Å². The molecule has 0 spiro atoms. The van der Waals surface area contributed by atoms with Gasteiger partial charge >= 0.3 is 0 Å². The maximum absolute atomic E-state index is 12.9. The second-order valence-corrected chi connectivity index (χ2v) is 9.93. The second kappa shape index (κ2) is 13.8. The summed E-state index contributed by atoms with van der Waals surface area (Å²) in [6.07, 6.45) is -1.47. The summed E-state index contributed by atoms with van der Waals surface area (Å²) in [5.41, 5.74) is 8.65. The van der Waals surface area contributed by atoms with Gasteiger partial charge in [0.05, 0.1) is 0 Å². The zero-order valence-corrected chi connectivity index (χ0v) is 25.3. The lowest BCUT2D eigenvalue weighted by Crippen LogP contribution is -2.31. The minimum atomic E-state index is -0.734. The van der Waals surface area contributed by atoms with Crippen molar-refractivity contribution in [1.82, 2.24) is 0 Å². The van der Waals surface area contributed by atoms with E-state index in [4.69, 9.17) is 9.47 Å². The van der Waals surface area contributed by atoms with Crippen LogP contribution in [0.15, 0.2) is 42.5 Å². The molecule has 2 N–H and O–H groups in total. The monoisotopic (exact) mass is 532 g/mol. The Balaban J connectivity index is 0.00000260. The highest BCUT2D eigenvalue weighted by molar-refractivity contribution is 5.96. The summed E-state index contributed by atoms with van der Waals surface area (Å²) < 4.78 is 12.0. The number of carbonyl (C=O) groups excluding carboxylic acids is 2. The van der Waals surface area contributed by atoms with Crippen LogP contribution in [0.2, 0.25) is 0 Å². The molecule has 210 valence electrons. The Kier molecular flexibility index (Phi) is 11.1. The molecule has 0 aromatic heterocycles. The molecule has 0 aliphatic carbocycles. The van der Waals surface area contributed by atoms with Crippen LogP contribution in [0.1, 0.15) is 66.6 Å². The van der Waals surface area contributed by atoms with Crippen LogP contribution >= 0.6 is 0 Å². The average molecular weight is 533 g/mol. The van der Waals surface area contributed by atoms with Crippen LogP contribution < -0.4 is 20.1 Å². The Bertz CT molecular complexity index is 1190. The van der Waals surface area contributed by atoms with Gasteiger partial charge in [0.25, 0.3) is 11.8 Å². The van der Waals surface area contributed by atoms with Gasteiger partial charge in [-0.1, -0.05) is 55.3 Å². The number of hydrogen-bond acceptors (Lipinski definition) is 4. The Morgan fingerprint density at radius 2 is 0.923 bits per heavy atom. The van der Waals surface area contributed by atoms with E-state index in [1.165, 1.54) is 0 Å². The van der Waals surface area contributed by atoms with Gasteiger partial charge in [-0.25, -0.2) is 0 Å². The molecule has 39 heavy (non-hydrogen) atoms. The zero-order valence-electron chi connectivity index (χ0n) is 25.3. The molecule has 3 aromatic rings. The average Bonchev–Trinajstić information content (AvgIpc) is 2.86. The Morgan fingerprint density at radius 1 is 0.615 bits per heavy atom. The van der Waals surface area contributed by atoms with Gasteiger partial charge in [-0.2, -0.15) is 0 Å². The molecule has 1 unspecified atom stereocenters. The van der Waals surface area contributed by atoms with E-state index < -0.39 is 12.2 Å². The first-order valence-corrected chi connectivity index (χ1v) is 13.6. The zero-order chi connectivity index (χ0) is 29.4. The summed E-state index contributed by atoms with van der Waals surface area (Å²) in [7, 11) is 0. The molecule has 0 fully saturated rings. The van der Waals surface area contributed by atoms with Crippen molar-refractivity contribution in [2.24, 2.45) is 0 Å². The highest BCUT2D eigenvalue weighted by Gasteiger charge is 2.21. The molecule has 3 aromatic carbocycles. The molecule has 0 saturated heterocycles. The van der Waals surface area contributed by atoms with Crippen LogP contribution in [0.5, 0.6) is 11.5 Å². The van der Waals surface area contributed by atoms with Crippen LogP contribution in [-0.2, 0) is 9.59 Å². The van der Waals surface area contributed by atoms with E-state index in [1.54, 1.807) is 32.0 Å². The van der Waals surface area contributed by atoms with Gasteiger partial charge in [0.15, 0.2) is 12.2 Å². The summed E-state index contributed by atoms with van der Waals surface area (Å²) in [6.45, 7) is 21.2. The van der Waals surface area contributed by atoms with Crippen molar-refractivity contribution in [2.75, 3.05) is 10.6 Å². The summed E-state index contributed by atoms with van der Waals surface area (Å²) in [4.78, 5) is 25.8. The molecule has 2 amide bonds. The highest BCUT2D eigenvalue weighted by atomic mass is 16.5. The number of benzene rings is 3. The van der Waals surface area contributed by atoms with Gasteiger partial charge in [-0.3, -0.25) is 9.59 Å². The molecule has 0 radical (unpaired) electrons. The van der Waals surface area contributed by atoms with E-state index in [2.05, 4.69) is 10.6 Å². The van der Waals surface area contributed by atoms with Crippen molar-refractivity contribution in [3.63, 3.8) is 0 Å². The highest BCUT2D eigenvalue weighted by Crippen LogP contribution is 2.30.